The summed E-state index contributed by atoms with van der Waals surface area (Å²) in [4.78, 5) is 7.09. The van der Waals surface area contributed by atoms with Crippen LogP contribution in [-0.2, 0) is 0 Å². The molecule has 3 atom stereocenters. The first-order chi connectivity index (χ1) is 9.02. The third kappa shape index (κ3) is 5.65. The van der Waals surface area contributed by atoms with Gasteiger partial charge < -0.3 is 16.5 Å². The molecule has 0 aliphatic heterocycles. The van der Waals surface area contributed by atoms with Crippen molar-refractivity contribution in [1.82, 2.24) is 9.97 Å². The molecule has 3 unspecified atom stereocenters. The highest BCUT2D eigenvalue weighted by molar-refractivity contribution is 5.04. The van der Waals surface area contributed by atoms with Crippen molar-refractivity contribution in [1.29, 1.82) is 0 Å². The summed E-state index contributed by atoms with van der Waals surface area (Å²) in [6.45, 7) is 4.19. The largest absolute Gasteiger partial charge is 0.351 e. The minimum absolute atomic E-state index is 0.109. The second kappa shape index (κ2) is 8.27. The normalized spacial score (nSPS) is 17.2. The van der Waals surface area contributed by atoms with Crippen molar-refractivity contribution < 1.29 is 1.37 Å². The van der Waals surface area contributed by atoms with Crippen molar-refractivity contribution in [2.45, 2.75) is 70.4 Å². The van der Waals surface area contributed by atoms with Crippen LogP contribution in [0.1, 0.15) is 65.4 Å². The van der Waals surface area contributed by atoms with E-state index in [-0.39, 0.29) is 18.4 Å². The molecule has 104 valence electrons. The molecule has 0 aromatic carbocycles. The average Bonchev–Trinajstić information content (AvgIpc) is 2.74. The summed E-state index contributed by atoms with van der Waals surface area (Å²) in [7, 11) is 0. The molecule has 4 heteroatoms. The van der Waals surface area contributed by atoms with E-state index < -0.39 is 0 Å². The standard InChI is InChI=1S/C14H28N4/c1-3-4-5-6-12(14-9-17-10-18-14)8-13(16)7-11(2)15/h9-13H,3-8,15-16H2,1-2H3,(H,17,18)/i10D. The summed E-state index contributed by atoms with van der Waals surface area (Å²) in [5, 5.41) is 0. The molecule has 5 N–H and O–H groups in total. The van der Waals surface area contributed by atoms with Gasteiger partial charge in [-0.05, 0) is 26.2 Å². The Balaban J connectivity index is 2.58. The summed E-state index contributed by atoms with van der Waals surface area (Å²) in [6.07, 6.45) is 8.53. The number of hydrogen-bond donors (Lipinski definition) is 3. The third-order valence-electron chi connectivity index (χ3n) is 3.31. The van der Waals surface area contributed by atoms with Gasteiger partial charge in [0, 0.05) is 24.2 Å². The Morgan fingerprint density at radius 1 is 1.39 bits per heavy atom. The molecule has 0 spiro atoms. The lowest BCUT2D eigenvalue weighted by molar-refractivity contribution is 0.439. The van der Waals surface area contributed by atoms with Gasteiger partial charge in [-0.25, -0.2) is 4.98 Å². The molecule has 0 saturated heterocycles. The molecule has 0 saturated carbocycles. The van der Waals surface area contributed by atoms with Crippen LogP contribution in [0.25, 0.3) is 0 Å². The zero-order valence-corrected chi connectivity index (χ0v) is 11.7. The molecule has 18 heavy (non-hydrogen) atoms. The smallest absolute Gasteiger partial charge is 0.104 e. The number of nitrogens with two attached hydrogens (primary N) is 2. The Kier molecular flexibility index (Phi) is 6.23. The number of H-pyrrole nitrogens is 1. The average molecular weight is 253 g/mol. The molecule has 0 amide bonds. The van der Waals surface area contributed by atoms with Gasteiger partial charge in [-0.2, -0.15) is 0 Å². The summed E-state index contributed by atoms with van der Waals surface area (Å²) in [5.74, 6) is 0.343. The van der Waals surface area contributed by atoms with Crippen LogP contribution in [0.3, 0.4) is 0 Å². The van der Waals surface area contributed by atoms with Crippen molar-refractivity contribution in [2.75, 3.05) is 0 Å². The molecular weight excluding hydrogens is 224 g/mol. The van der Waals surface area contributed by atoms with E-state index in [1.54, 1.807) is 0 Å². The number of nitrogens with one attached hydrogen (secondary N) is 1. The van der Waals surface area contributed by atoms with E-state index in [9.17, 15) is 0 Å². The quantitative estimate of drug-likeness (QED) is 0.592. The first kappa shape index (κ1) is 13.6. The van der Waals surface area contributed by atoms with Gasteiger partial charge in [0.2, 0.25) is 0 Å². The molecule has 4 nitrogen and oxygen atoms in total. The number of imidazole rings is 1. The fourth-order valence-electron chi connectivity index (χ4n) is 2.41. The van der Waals surface area contributed by atoms with Gasteiger partial charge >= 0.3 is 0 Å². The van der Waals surface area contributed by atoms with Crippen LogP contribution < -0.4 is 11.5 Å². The van der Waals surface area contributed by atoms with Crippen LogP contribution in [0.2, 0.25) is 0 Å². The van der Waals surface area contributed by atoms with Gasteiger partial charge in [-0.15, -0.1) is 0 Å². The van der Waals surface area contributed by atoms with Gasteiger partial charge in [0.25, 0.3) is 0 Å². The van der Waals surface area contributed by atoms with Crippen molar-refractivity contribution in [3.8, 4) is 0 Å². The van der Waals surface area contributed by atoms with Crippen LogP contribution in [-0.4, -0.2) is 22.1 Å². The summed E-state index contributed by atoms with van der Waals surface area (Å²) in [5.41, 5.74) is 12.9. The third-order valence-corrected chi connectivity index (χ3v) is 3.31. The second-order valence-corrected chi connectivity index (χ2v) is 5.34. The van der Waals surface area contributed by atoms with Gasteiger partial charge in [0.1, 0.15) is 1.37 Å². The van der Waals surface area contributed by atoms with Crippen molar-refractivity contribution in [2.24, 2.45) is 11.5 Å². The fraction of sp³-hybridized carbons (Fsp3) is 0.786. The maximum atomic E-state index is 7.50. The van der Waals surface area contributed by atoms with E-state index in [1.165, 1.54) is 19.3 Å². The van der Waals surface area contributed by atoms with Gasteiger partial charge in [-0.1, -0.05) is 26.2 Å². The predicted octanol–water partition coefficient (Wildman–Crippen LogP) is 2.53. The van der Waals surface area contributed by atoms with E-state index in [2.05, 4.69) is 16.9 Å². The minimum atomic E-state index is 0.109. The van der Waals surface area contributed by atoms with Crippen molar-refractivity contribution in [3.63, 3.8) is 0 Å². The Morgan fingerprint density at radius 2 is 2.17 bits per heavy atom. The molecule has 0 aliphatic carbocycles. The number of nitrogens with zero attached hydrogens (tertiary/aromatic N) is 1. The maximum Gasteiger partial charge on any atom is 0.104 e. The molecule has 0 radical (unpaired) electrons. The number of aromatic amines is 1. The number of aromatic nitrogens is 2. The van der Waals surface area contributed by atoms with E-state index in [1.807, 2.05) is 13.1 Å². The van der Waals surface area contributed by atoms with E-state index >= 15 is 0 Å². The highest BCUT2D eigenvalue weighted by Gasteiger charge is 2.17. The lowest BCUT2D eigenvalue weighted by Gasteiger charge is -2.20. The Morgan fingerprint density at radius 3 is 2.72 bits per heavy atom. The number of rotatable bonds is 9. The van der Waals surface area contributed by atoms with Gasteiger partial charge in [0.05, 0.1) is 12.0 Å². The van der Waals surface area contributed by atoms with Crippen molar-refractivity contribution >= 4 is 0 Å². The summed E-state index contributed by atoms with van der Waals surface area (Å²) >= 11 is 0. The van der Waals surface area contributed by atoms with Gasteiger partial charge in [0.15, 0.2) is 0 Å². The van der Waals surface area contributed by atoms with Crippen molar-refractivity contribution in [3.05, 3.63) is 18.2 Å². The minimum Gasteiger partial charge on any atom is -0.351 e. The molecule has 0 bridgehead atoms. The second-order valence-electron chi connectivity index (χ2n) is 5.34. The first-order valence-corrected chi connectivity index (χ1v) is 7.06. The fourth-order valence-corrected chi connectivity index (χ4v) is 2.41. The summed E-state index contributed by atoms with van der Waals surface area (Å²) < 4.78 is 7.50. The SMILES string of the molecule is [2H]c1nc(C(CCCCC)CC(N)CC(C)N)c[nH]1. The molecule has 0 fully saturated rings. The Bertz CT molecular complexity index is 351. The van der Waals surface area contributed by atoms with Crippen LogP contribution in [0.15, 0.2) is 12.5 Å². The lowest BCUT2D eigenvalue weighted by Crippen LogP contribution is -2.30. The first-order valence-electron chi connectivity index (χ1n) is 7.56. The van der Waals surface area contributed by atoms with E-state index in [0.29, 0.717) is 5.92 Å². The van der Waals surface area contributed by atoms with E-state index in [4.69, 9.17) is 12.8 Å². The number of unbranched alkanes of at least 4 members (excludes halogenated alkanes) is 2. The van der Waals surface area contributed by atoms with Crippen LogP contribution >= 0.6 is 0 Å². The van der Waals surface area contributed by atoms with Crippen LogP contribution in [0, 0.1) is 0 Å². The molecule has 0 aliphatic rings. The zero-order valence-electron chi connectivity index (χ0n) is 12.7. The van der Waals surface area contributed by atoms with Gasteiger partial charge in [-0.3, -0.25) is 0 Å². The van der Waals surface area contributed by atoms with Crippen LogP contribution in [0.4, 0.5) is 0 Å². The monoisotopic (exact) mass is 253 g/mol. The van der Waals surface area contributed by atoms with E-state index in [0.717, 1.165) is 25.0 Å². The molecule has 1 aromatic heterocycles. The summed E-state index contributed by atoms with van der Waals surface area (Å²) in [6, 6.07) is 0.245. The number of hydrogen-bond acceptors (Lipinski definition) is 3. The lowest BCUT2D eigenvalue weighted by atomic mass is 9.90. The zero-order chi connectivity index (χ0) is 14.3. The molecular formula is C14H28N4. The highest BCUT2D eigenvalue weighted by Crippen LogP contribution is 2.26. The molecule has 1 rings (SSSR count). The predicted molar refractivity (Wildman–Crippen MR) is 76.3 cm³/mol. The van der Waals surface area contributed by atoms with Crippen LogP contribution in [0.5, 0.6) is 0 Å². The molecule has 1 aromatic rings. The Labute approximate surface area is 112 Å². The topological polar surface area (TPSA) is 80.7 Å². The molecule has 1 heterocycles. The Hall–Kier alpha value is -0.870. The maximum absolute atomic E-state index is 7.50. The highest BCUT2D eigenvalue weighted by atomic mass is 14.9.